The summed E-state index contributed by atoms with van der Waals surface area (Å²) in [6, 6.07) is -0.179. The lowest BCUT2D eigenvalue weighted by Crippen LogP contribution is -2.42. The van der Waals surface area contributed by atoms with E-state index in [1.54, 1.807) is 4.90 Å². The quantitative estimate of drug-likeness (QED) is 0.783. The van der Waals surface area contributed by atoms with Gasteiger partial charge in [0.2, 0.25) is 11.8 Å². The van der Waals surface area contributed by atoms with E-state index in [0.717, 1.165) is 12.8 Å². The van der Waals surface area contributed by atoms with Gasteiger partial charge in [-0.3, -0.25) is 4.79 Å². The summed E-state index contributed by atoms with van der Waals surface area (Å²) in [4.78, 5) is 30.2. The second kappa shape index (κ2) is 8.82. The first kappa shape index (κ1) is 19.2. The Morgan fingerprint density at radius 1 is 1.32 bits per heavy atom. The van der Waals surface area contributed by atoms with Crippen molar-refractivity contribution in [3.8, 4) is 0 Å². The number of carbonyl (C=O) groups is 2. The molecule has 8 heteroatoms. The molecule has 1 aromatic heterocycles. The molecule has 1 fully saturated rings. The Hall–Kier alpha value is -2.12. The summed E-state index contributed by atoms with van der Waals surface area (Å²) in [7, 11) is 0. The van der Waals surface area contributed by atoms with Gasteiger partial charge in [-0.1, -0.05) is 19.0 Å². The molecule has 1 atom stereocenters. The molecule has 3 amide bonds. The van der Waals surface area contributed by atoms with Gasteiger partial charge in [0.05, 0.1) is 6.04 Å². The van der Waals surface area contributed by atoms with Crippen molar-refractivity contribution >= 4 is 11.9 Å². The number of likely N-dealkylation sites (tertiary alicyclic amines) is 1. The largest absolute Gasteiger partial charge is 0.356 e. The number of rotatable bonds is 7. The number of aryl methyl sites for hydroxylation is 1. The molecule has 0 spiro atoms. The van der Waals surface area contributed by atoms with Crippen LogP contribution < -0.4 is 10.6 Å². The molecular formula is C17H29N5O3. The highest BCUT2D eigenvalue weighted by Gasteiger charge is 2.33. The summed E-state index contributed by atoms with van der Waals surface area (Å²) in [5.41, 5.74) is 0. The Kier molecular flexibility index (Phi) is 6.78. The Balaban J connectivity index is 1.89. The number of nitrogens with zero attached hydrogens (tertiary/aromatic N) is 3. The maximum atomic E-state index is 12.3. The minimum atomic E-state index is -0.161. The van der Waals surface area contributed by atoms with Crippen molar-refractivity contribution < 1.29 is 14.1 Å². The van der Waals surface area contributed by atoms with Crippen LogP contribution in [0.5, 0.6) is 0 Å². The van der Waals surface area contributed by atoms with Crippen LogP contribution in [-0.2, 0) is 11.2 Å². The van der Waals surface area contributed by atoms with Crippen LogP contribution in [0.2, 0.25) is 0 Å². The Morgan fingerprint density at radius 2 is 2.08 bits per heavy atom. The van der Waals surface area contributed by atoms with Gasteiger partial charge in [-0.2, -0.15) is 4.98 Å². The Bertz CT molecular complexity index is 585. The molecule has 1 aromatic rings. The molecular weight excluding hydrogens is 322 g/mol. The molecule has 2 heterocycles. The third-order valence-corrected chi connectivity index (χ3v) is 3.98. The molecule has 1 aliphatic rings. The number of urea groups is 1. The SMILES string of the molecule is CC(C)CNC(=O)CCc1nc(C2CCCN2C(=O)NC(C)C)no1. The monoisotopic (exact) mass is 351 g/mol. The van der Waals surface area contributed by atoms with E-state index in [4.69, 9.17) is 4.52 Å². The van der Waals surface area contributed by atoms with Gasteiger partial charge in [0.1, 0.15) is 0 Å². The minimum Gasteiger partial charge on any atom is -0.356 e. The molecule has 0 radical (unpaired) electrons. The fraction of sp³-hybridized carbons (Fsp3) is 0.765. The first-order chi connectivity index (χ1) is 11.9. The zero-order valence-electron chi connectivity index (χ0n) is 15.5. The summed E-state index contributed by atoms with van der Waals surface area (Å²) < 4.78 is 5.26. The number of hydrogen-bond acceptors (Lipinski definition) is 5. The lowest BCUT2D eigenvalue weighted by atomic mass is 10.2. The highest BCUT2D eigenvalue weighted by atomic mass is 16.5. The van der Waals surface area contributed by atoms with Gasteiger partial charge < -0.3 is 20.1 Å². The van der Waals surface area contributed by atoms with Crippen molar-refractivity contribution in [3.63, 3.8) is 0 Å². The molecule has 2 N–H and O–H groups in total. The lowest BCUT2D eigenvalue weighted by Gasteiger charge is -2.23. The standard InChI is InChI=1S/C17H29N5O3/c1-11(2)10-18-14(23)7-8-15-20-16(21-25-15)13-6-5-9-22(13)17(24)19-12(3)4/h11-13H,5-10H2,1-4H3,(H,18,23)(H,19,24). The number of hydrogen-bond donors (Lipinski definition) is 2. The highest BCUT2D eigenvalue weighted by Crippen LogP contribution is 2.30. The van der Waals surface area contributed by atoms with Gasteiger partial charge in [-0.15, -0.1) is 0 Å². The van der Waals surface area contributed by atoms with Crippen LogP contribution in [0, 0.1) is 5.92 Å². The van der Waals surface area contributed by atoms with E-state index in [0.29, 0.717) is 43.6 Å². The lowest BCUT2D eigenvalue weighted by molar-refractivity contribution is -0.121. The van der Waals surface area contributed by atoms with E-state index in [2.05, 4.69) is 20.8 Å². The first-order valence-corrected chi connectivity index (χ1v) is 9.03. The maximum absolute atomic E-state index is 12.3. The smallest absolute Gasteiger partial charge is 0.318 e. The van der Waals surface area contributed by atoms with E-state index in [9.17, 15) is 9.59 Å². The fourth-order valence-corrected chi connectivity index (χ4v) is 2.74. The van der Waals surface area contributed by atoms with Crippen LogP contribution in [0.1, 0.15) is 64.7 Å². The van der Waals surface area contributed by atoms with Crippen molar-refractivity contribution in [1.82, 2.24) is 25.7 Å². The highest BCUT2D eigenvalue weighted by molar-refractivity contribution is 5.76. The van der Waals surface area contributed by atoms with Crippen molar-refractivity contribution in [3.05, 3.63) is 11.7 Å². The van der Waals surface area contributed by atoms with Crippen LogP contribution in [-0.4, -0.2) is 46.1 Å². The van der Waals surface area contributed by atoms with Gasteiger partial charge >= 0.3 is 6.03 Å². The summed E-state index contributed by atoms with van der Waals surface area (Å²) in [5, 5.41) is 9.79. The van der Waals surface area contributed by atoms with E-state index in [1.807, 2.05) is 27.7 Å². The summed E-state index contributed by atoms with van der Waals surface area (Å²) in [5.74, 6) is 1.36. The predicted octanol–water partition coefficient (Wildman–Crippen LogP) is 2.03. The molecule has 1 aliphatic heterocycles. The zero-order chi connectivity index (χ0) is 18.4. The molecule has 0 saturated carbocycles. The summed E-state index contributed by atoms with van der Waals surface area (Å²) in [6.45, 7) is 9.31. The van der Waals surface area contributed by atoms with Crippen LogP contribution in [0.15, 0.2) is 4.52 Å². The second-order valence-electron chi connectivity index (χ2n) is 7.20. The number of aromatic nitrogens is 2. The van der Waals surface area contributed by atoms with Crippen LogP contribution >= 0.6 is 0 Å². The third-order valence-electron chi connectivity index (χ3n) is 3.98. The fourth-order valence-electron chi connectivity index (χ4n) is 2.74. The van der Waals surface area contributed by atoms with Gasteiger partial charge in [-0.25, -0.2) is 4.79 Å². The molecule has 0 aliphatic carbocycles. The molecule has 0 bridgehead atoms. The van der Waals surface area contributed by atoms with Gasteiger partial charge in [0.15, 0.2) is 5.82 Å². The topological polar surface area (TPSA) is 100 Å². The Labute approximate surface area is 148 Å². The van der Waals surface area contributed by atoms with E-state index < -0.39 is 0 Å². The molecule has 8 nitrogen and oxygen atoms in total. The maximum Gasteiger partial charge on any atom is 0.318 e. The minimum absolute atomic E-state index is 0.0211. The van der Waals surface area contributed by atoms with Crippen LogP contribution in [0.25, 0.3) is 0 Å². The van der Waals surface area contributed by atoms with Crippen LogP contribution in [0.4, 0.5) is 4.79 Å². The number of nitrogens with one attached hydrogen (secondary N) is 2. The average Bonchev–Trinajstić information content (AvgIpc) is 3.18. The van der Waals surface area contributed by atoms with Gasteiger partial charge in [0.25, 0.3) is 0 Å². The molecule has 2 rings (SSSR count). The van der Waals surface area contributed by atoms with E-state index in [1.165, 1.54) is 0 Å². The molecule has 140 valence electrons. The second-order valence-corrected chi connectivity index (χ2v) is 7.20. The van der Waals surface area contributed by atoms with Crippen molar-refractivity contribution in [2.45, 2.75) is 65.5 Å². The Morgan fingerprint density at radius 3 is 2.76 bits per heavy atom. The zero-order valence-corrected chi connectivity index (χ0v) is 15.5. The van der Waals surface area contributed by atoms with Gasteiger partial charge in [0, 0.05) is 32.0 Å². The summed E-state index contributed by atoms with van der Waals surface area (Å²) in [6.07, 6.45) is 2.45. The van der Waals surface area contributed by atoms with Gasteiger partial charge in [-0.05, 0) is 32.6 Å². The number of carbonyl (C=O) groups excluding carboxylic acids is 2. The molecule has 0 aromatic carbocycles. The average molecular weight is 351 g/mol. The van der Waals surface area contributed by atoms with E-state index in [-0.39, 0.29) is 24.0 Å². The normalized spacial score (nSPS) is 17.4. The molecule has 25 heavy (non-hydrogen) atoms. The molecule has 1 unspecified atom stereocenters. The number of amides is 3. The first-order valence-electron chi connectivity index (χ1n) is 9.03. The van der Waals surface area contributed by atoms with E-state index >= 15 is 0 Å². The van der Waals surface area contributed by atoms with Crippen molar-refractivity contribution in [2.24, 2.45) is 5.92 Å². The van der Waals surface area contributed by atoms with Crippen molar-refractivity contribution in [2.75, 3.05) is 13.1 Å². The predicted molar refractivity (Wildman–Crippen MR) is 92.8 cm³/mol. The van der Waals surface area contributed by atoms with Crippen molar-refractivity contribution in [1.29, 1.82) is 0 Å². The van der Waals surface area contributed by atoms with Crippen LogP contribution in [0.3, 0.4) is 0 Å². The molecule has 1 saturated heterocycles. The summed E-state index contributed by atoms with van der Waals surface area (Å²) >= 11 is 0. The third kappa shape index (κ3) is 5.72.